The van der Waals surface area contributed by atoms with E-state index in [9.17, 15) is 14.7 Å². The number of hydrogen-bond acceptors (Lipinski definition) is 6. The number of likely N-dealkylation sites (tertiary alicyclic amines) is 1. The molecule has 1 aliphatic heterocycles. The van der Waals surface area contributed by atoms with Gasteiger partial charge in [0, 0.05) is 37.0 Å². The van der Waals surface area contributed by atoms with Crippen LogP contribution in [-0.4, -0.2) is 60.0 Å². The van der Waals surface area contributed by atoms with Crippen molar-refractivity contribution >= 4 is 11.8 Å². The largest absolute Gasteiger partial charge is 0.391 e. The van der Waals surface area contributed by atoms with Gasteiger partial charge in [-0.15, -0.1) is 5.10 Å². The number of primary amides is 1. The molecule has 1 saturated heterocycles. The van der Waals surface area contributed by atoms with Crippen molar-refractivity contribution in [1.82, 2.24) is 24.9 Å². The Hall–Kier alpha value is -2.81. The molecule has 4 rings (SSSR count). The van der Waals surface area contributed by atoms with Crippen LogP contribution >= 0.6 is 0 Å². The lowest BCUT2D eigenvalue weighted by Crippen LogP contribution is -2.58. The van der Waals surface area contributed by atoms with Gasteiger partial charge in [-0.05, 0) is 36.8 Å². The summed E-state index contributed by atoms with van der Waals surface area (Å²) in [5, 5.41) is 19.4. The predicted molar refractivity (Wildman–Crippen MR) is 113 cm³/mol. The van der Waals surface area contributed by atoms with E-state index in [1.165, 1.54) is 4.90 Å². The molecule has 3 heterocycles. The molecule has 166 valence electrons. The Morgan fingerprint density at radius 3 is 2.58 bits per heavy atom. The summed E-state index contributed by atoms with van der Waals surface area (Å²) in [6.45, 7) is 7.45. The molecule has 9 nitrogen and oxygen atoms in total. The van der Waals surface area contributed by atoms with Gasteiger partial charge in [-0.1, -0.05) is 32.1 Å². The van der Waals surface area contributed by atoms with E-state index in [1.807, 2.05) is 27.0 Å². The SMILES string of the molecule is CC(C)(C)[C@@H](C(=O)N1CC(O)C(c2cccnc2)C1(C)C(N)=O)n1cc(C2CC2)nn1. The van der Waals surface area contributed by atoms with Crippen LogP contribution in [0.3, 0.4) is 0 Å². The summed E-state index contributed by atoms with van der Waals surface area (Å²) in [7, 11) is 0. The van der Waals surface area contributed by atoms with E-state index < -0.39 is 34.9 Å². The molecule has 0 bridgehead atoms. The highest BCUT2D eigenvalue weighted by atomic mass is 16.3. The van der Waals surface area contributed by atoms with Crippen molar-refractivity contribution in [1.29, 1.82) is 0 Å². The average molecular weight is 427 g/mol. The van der Waals surface area contributed by atoms with Crippen LogP contribution in [0.15, 0.2) is 30.7 Å². The summed E-state index contributed by atoms with van der Waals surface area (Å²) in [5.41, 5.74) is 5.47. The first-order valence-electron chi connectivity index (χ1n) is 10.7. The first kappa shape index (κ1) is 21.4. The number of carbonyl (C=O) groups is 2. The van der Waals surface area contributed by atoms with Gasteiger partial charge in [-0.2, -0.15) is 0 Å². The minimum absolute atomic E-state index is 0.00536. The molecule has 0 aromatic carbocycles. The number of nitrogens with two attached hydrogens (primary N) is 1. The van der Waals surface area contributed by atoms with Gasteiger partial charge in [0.1, 0.15) is 11.6 Å². The van der Waals surface area contributed by atoms with Crippen LogP contribution in [0.2, 0.25) is 0 Å². The zero-order chi connectivity index (χ0) is 22.6. The molecule has 3 N–H and O–H groups in total. The van der Waals surface area contributed by atoms with E-state index in [0.29, 0.717) is 11.5 Å². The Bertz CT molecular complexity index is 981. The second-order valence-corrected chi connectivity index (χ2v) is 9.96. The zero-order valence-electron chi connectivity index (χ0n) is 18.4. The van der Waals surface area contributed by atoms with Gasteiger partial charge < -0.3 is 15.7 Å². The van der Waals surface area contributed by atoms with Crippen molar-refractivity contribution in [2.24, 2.45) is 11.1 Å². The van der Waals surface area contributed by atoms with Gasteiger partial charge in [-0.3, -0.25) is 14.6 Å². The van der Waals surface area contributed by atoms with Crippen molar-refractivity contribution in [3.05, 3.63) is 42.0 Å². The smallest absolute Gasteiger partial charge is 0.249 e. The van der Waals surface area contributed by atoms with E-state index in [0.717, 1.165) is 18.5 Å². The number of nitrogens with zero attached hydrogens (tertiary/aromatic N) is 5. The maximum absolute atomic E-state index is 13.9. The van der Waals surface area contributed by atoms with Gasteiger partial charge in [0.2, 0.25) is 11.8 Å². The van der Waals surface area contributed by atoms with Gasteiger partial charge in [0.05, 0.1) is 11.8 Å². The van der Waals surface area contributed by atoms with Crippen molar-refractivity contribution in [3.8, 4) is 0 Å². The van der Waals surface area contributed by atoms with E-state index in [2.05, 4.69) is 15.3 Å². The second-order valence-electron chi connectivity index (χ2n) is 9.96. The summed E-state index contributed by atoms with van der Waals surface area (Å²) in [6.07, 6.45) is 6.26. The molecule has 2 fully saturated rings. The molecule has 3 unspecified atom stereocenters. The van der Waals surface area contributed by atoms with Crippen molar-refractivity contribution in [3.63, 3.8) is 0 Å². The van der Waals surface area contributed by atoms with E-state index in [4.69, 9.17) is 5.73 Å². The monoisotopic (exact) mass is 426 g/mol. The average Bonchev–Trinajstić information content (AvgIpc) is 3.37. The highest BCUT2D eigenvalue weighted by Crippen LogP contribution is 2.45. The third-order valence-electron chi connectivity index (χ3n) is 6.57. The number of β-amino-alcohol motifs (C(OH)–C–C–N with tert-alkyl or cyclic N) is 1. The minimum Gasteiger partial charge on any atom is -0.391 e. The number of hydrogen-bond donors (Lipinski definition) is 2. The third-order valence-corrected chi connectivity index (χ3v) is 6.57. The number of aliphatic hydroxyl groups excluding tert-OH is 1. The maximum Gasteiger partial charge on any atom is 0.249 e. The molecule has 1 aliphatic carbocycles. The Morgan fingerprint density at radius 1 is 1.32 bits per heavy atom. The lowest BCUT2D eigenvalue weighted by atomic mass is 9.79. The Kier molecular flexibility index (Phi) is 5.12. The number of carbonyl (C=O) groups excluding carboxylic acids is 2. The van der Waals surface area contributed by atoms with E-state index in [1.54, 1.807) is 36.1 Å². The Balaban J connectivity index is 1.74. The Morgan fingerprint density at radius 2 is 2.03 bits per heavy atom. The molecule has 2 aromatic rings. The van der Waals surface area contributed by atoms with Crippen molar-refractivity contribution in [2.75, 3.05) is 6.54 Å². The topological polar surface area (TPSA) is 127 Å². The number of aliphatic hydroxyl groups is 1. The van der Waals surface area contributed by atoms with Crippen LogP contribution in [0.25, 0.3) is 0 Å². The summed E-state index contributed by atoms with van der Waals surface area (Å²) in [5.74, 6) is -1.26. The molecular weight excluding hydrogens is 396 g/mol. The van der Waals surface area contributed by atoms with Crippen LogP contribution in [0.5, 0.6) is 0 Å². The molecular formula is C22H30N6O3. The number of aromatic nitrogens is 4. The predicted octanol–water partition coefficient (Wildman–Crippen LogP) is 1.37. The molecule has 2 aromatic heterocycles. The quantitative estimate of drug-likeness (QED) is 0.743. The maximum atomic E-state index is 13.9. The molecule has 9 heteroatoms. The molecule has 31 heavy (non-hydrogen) atoms. The summed E-state index contributed by atoms with van der Waals surface area (Å²) in [4.78, 5) is 32.2. The fourth-order valence-corrected chi connectivity index (χ4v) is 4.75. The lowest BCUT2D eigenvalue weighted by molar-refractivity contribution is -0.148. The molecule has 4 atom stereocenters. The van der Waals surface area contributed by atoms with Crippen LogP contribution in [0.4, 0.5) is 0 Å². The number of amides is 2. The first-order valence-corrected chi connectivity index (χ1v) is 10.7. The third kappa shape index (κ3) is 3.60. The van der Waals surface area contributed by atoms with E-state index in [-0.39, 0.29) is 12.5 Å². The normalized spacial score (nSPS) is 27.3. The summed E-state index contributed by atoms with van der Waals surface area (Å²) >= 11 is 0. The summed E-state index contributed by atoms with van der Waals surface area (Å²) in [6, 6.07) is 2.82. The van der Waals surface area contributed by atoms with Gasteiger partial charge in [0.25, 0.3) is 0 Å². The standard InChI is InChI=1S/C22H30N6O3/c1-21(2,3)18(28-11-15(25-26-28)13-7-8-13)19(30)27-12-16(29)17(22(27,4)20(23)31)14-6-5-9-24-10-14/h5-6,9-11,13,16-18,29H,7-8,12H2,1-4H3,(H2,23,31)/t16?,17?,18-,22?/m1/s1. The van der Waals surface area contributed by atoms with Crippen molar-refractivity contribution in [2.45, 2.75) is 70.1 Å². The minimum atomic E-state index is -1.41. The van der Waals surface area contributed by atoms with E-state index >= 15 is 0 Å². The zero-order valence-corrected chi connectivity index (χ0v) is 18.4. The second kappa shape index (κ2) is 7.40. The van der Waals surface area contributed by atoms with Gasteiger partial charge >= 0.3 is 0 Å². The molecule has 1 saturated carbocycles. The number of rotatable bonds is 5. The Labute approximate surface area is 181 Å². The van der Waals surface area contributed by atoms with Crippen LogP contribution in [0.1, 0.15) is 69.7 Å². The first-order chi connectivity index (χ1) is 14.5. The highest BCUT2D eigenvalue weighted by Gasteiger charge is 2.58. The lowest BCUT2D eigenvalue weighted by Gasteiger charge is -2.40. The van der Waals surface area contributed by atoms with Crippen LogP contribution < -0.4 is 5.73 Å². The summed E-state index contributed by atoms with van der Waals surface area (Å²) < 4.78 is 1.60. The fraction of sp³-hybridized carbons (Fsp3) is 0.591. The van der Waals surface area contributed by atoms with Gasteiger partial charge in [0.15, 0.2) is 0 Å². The van der Waals surface area contributed by atoms with Crippen LogP contribution in [-0.2, 0) is 9.59 Å². The molecule has 0 radical (unpaired) electrons. The van der Waals surface area contributed by atoms with Crippen molar-refractivity contribution < 1.29 is 14.7 Å². The molecule has 0 spiro atoms. The highest BCUT2D eigenvalue weighted by molar-refractivity contribution is 5.93. The molecule has 2 amide bonds. The molecule has 2 aliphatic rings. The van der Waals surface area contributed by atoms with Gasteiger partial charge in [-0.25, -0.2) is 4.68 Å². The fourth-order valence-electron chi connectivity index (χ4n) is 4.75. The van der Waals surface area contributed by atoms with Crippen LogP contribution in [0, 0.1) is 5.41 Å². The number of pyridine rings is 1.